The molecule has 0 radical (unpaired) electrons. The van der Waals surface area contributed by atoms with Crippen molar-refractivity contribution in [3.05, 3.63) is 53.7 Å². The molecule has 0 saturated heterocycles. The Morgan fingerprint density at radius 1 is 1.19 bits per heavy atom. The lowest BCUT2D eigenvalue weighted by Crippen LogP contribution is -2.10. The molecule has 1 rings (SSSR count). The lowest BCUT2D eigenvalue weighted by molar-refractivity contribution is 0.869. The Labute approximate surface area is 98.9 Å². The standard InChI is InChI=1S/C15H21N/c1-5-9-12(2)13(3)16-14(4)15-10-7-6-8-11-15/h6-8,10-11,16H,4-5,9H2,1-3H3/b13-12+. The summed E-state index contributed by atoms with van der Waals surface area (Å²) < 4.78 is 0. The molecule has 0 spiro atoms. The van der Waals surface area contributed by atoms with Gasteiger partial charge in [-0.3, -0.25) is 0 Å². The molecule has 0 fully saturated rings. The molecule has 0 amide bonds. The van der Waals surface area contributed by atoms with Crippen LogP contribution in [-0.4, -0.2) is 0 Å². The van der Waals surface area contributed by atoms with Crippen LogP contribution < -0.4 is 5.32 Å². The van der Waals surface area contributed by atoms with Crippen molar-refractivity contribution in [1.29, 1.82) is 0 Å². The van der Waals surface area contributed by atoms with Crippen LogP contribution >= 0.6 is 0 Å². The summed E-state index contributed by atoms with van der Waals surface area (Å²) in [6, 6.07) is 10.2. The molecule has 1 nitrogen and oxygen atoms in total. The molecule has 16 heavy (non-hydrogen) atoms. The third-order valence-electron chi connectivity index (χ3n) is 2.73. The fourth-order valence-electron chi connectivity index (χ4n) is 1.61. The highest BCUT2D eigenvalue weighted by Gasteiger charge is 2.00. The van der Waals surface area contributed by atoms with Gasteiger partial charge in [-0.1, -0.05) is 55.8 Å². The SMILES string of the molecule is C=C(N/C(C)=C(\C)CCC)c1ccccc1. The zero-order valence-electron chi connectivity index (χ0n) is 10.5. The Balaban J connectivity index is 2.69. The summed E-state index contributed by atoms with van der Waals surface area (Å²) in [5, 5.41) is 3.37. The maximum absolute atomic E-state index is 4.06. The Hall–Kier alpha value is -1.50. The van der Waals surface area contributed by atoms with Crippen molar-refractivity contribution in [1.82, 2.24) is 5.32 Å². The molecule has 0 saturated carbocycles. The molecule has 1 aromatic rings. The quantitative estimate of drug-likeness (QED) is 0.770. The highest BCUT2D eigenvalue weighted by molar-refractivity contribution is 5.62. The number of hydrogen-bond acceptors (Lipinski definition) is 1. The summed E-state index contributed by atoms with van der Waals surface area (Å²) in [5.74, 6) is 0. The molecule has 0 aliphatic carbocycles. The summed E-state index contributed by atoms with van der Waals surface area (Å²) in [4.78, 5) is 0. The molecular formula is C15H21N. The van der Waals surface area contributed by atoms with Crippen LogP contribution in [0, 0.1) is 0 Å². The van der Waals surface area contributed by atoms with Crippen LogP contribution in [0.5, 0.6) is 0 Å². The number of benzene rings is 1. The van der Waals surface area contributed by atoms with Crippen LogP contribution in [0.25, 0.3) is 5.70 Å². The van der Waals surface area contributed by atoms with Gasteiger partial charge in [-0.15, -0.1) is 0 Å². The predicted molar refractivity (Wildman–Crippen MR) is 71.9 cm³/mol. The van der Waals surface area contributed by atoms with E-state index in [1.54, 1.807) is 0 Å². The van der Waals surface area contributed by atoms with E-state index in [-0.39, 0.29) is 0 Å². The summed E-state index contributed by atoms with van der Waals surface area (Å²) >= 11 is 0. The number of hydrogen-bond donors (Lipinski definition) is 1. The van der Waals surface area contributed by atoms with Crippen molar-refractivity contribution in [2.45, 2.75) is 33.6 Å². The third-order valence-corrected chi connectivity index (χ3v) is 2.73. The molecule has 0 unspecified atom stereocenters. The first-order chi connectivity index (χ1) is 7.65. The van der Waals surface area contributed by atoms with Gasteiger partial charge in [0.25, 0.3) is 0 Å². The predicted octanol–water partition coefficient (Wildman–Crippen LogP) is 4.34. The van der Waals surface area contributed by atoms with Gasteiger partial charge in [0.1, 0.15) is 0 Å². The van der Waals surface area contributed by atoms with Crippen molar-refractivity contribution >= 4 is 5.70 Å². The maximum Gasteiger partial charge on any atom is 0.0382 e. The summed E-state index contributed by atoms with van der Waals surface area (Å²) in [7, 11) is 0. The first-order valence-corrected chi connectivity index (χ1v) is 5.82. The highest BCUT2D eigenvalue weighted by Crippen LogP contribution is 2.13. The van der Waals surface area contributed by atoms with E-state index >= 15 is 0 Å². The Morgan fingerprint density at radius 2 is 1.81 bits per heavy atom. The van der Waals surface area contributed by atoms with Gasteiger partial charge in [-0.2, -0.15) is 0 Å². The molecule has 0 aromatic heterocycles. The smallest absolute Gasteiger partial charge is 0.0382 e. The van der Waals surface area contributed by atoms with Crippen molar-refractivity contribution in [3.63, 3.8) is 0 Å². The Kier molecular flexibility index (Phi) is 4.84. The molecular weight excluding hydrogens is 194 g/mol. The first-order valence-electron chi connectivity index (χ1n) is 5.82. The van der Waals surface area contributed by atoms with Crippen LogP contribution in [-0.2, 0) is 0 Å². The summed E-state index contributed by atoms with van der Waals surface area (Å²) in [6.07, 6.45) is 2.32. The van der Waals surface area contributed by atoms with E-state index in [1.165, 1.54) is 17.7 Å². The molecule has 0 aliphatic heterocycles. The molecule has 0 bridgehead atoms. The minimum atomic E-state index is 0.966. The second kappa shape index (κ2) is 6.16. The van der Waals surface area contributed by atoms with Gasteiger partial charge in [0.2, 0.25) is 0 Å². The largest absolute Gasteiger partial charge is 0.359 e. The van der Waals surface area contributed by atoms with Crippen LogP contribution in [0.4, 0.5) is 0 Å². The topological polar surface area (TPSA) is 12.0 Å². The van der Waals surface area contributed by atoms with Gasteiger partial charge in [-0.05, 0) is 25.8 Å². The maximum atomic E-state index is 4.06. The van der Waals surface area contributed by atoms with Crippen molar-refractivity contribution in [2.24, 2.45) is 0 Å². The summed E-state index contributed by atoms with van der Waals surface area (Å²) in [5.41, 5.74) is 4.73. The number of allylic oxidation sites excluding steroid dienone is 2. The Bertz CT molecular complexity index is 374. The third kappa shape index (κ3) is 3.58. The van der Waals surface area contributed by atoms with Gasteiger partial charge in [0, 0.05) is 11.4 Å². The number of rotatable bonds is 5. The molecule has 0 heterocycles. The van der Waals surface area contributed by atoms with Crippen molar-refractivity contribution < 1.29 is 0 Å². The average Bonchev–Trinajstić information content (AvgIpc) is 2.30. The highest BCUT2D eigenvalue weighted by atomic mass is 14.9. The van der Waals surface area contributed by atoms with Crippen LogP contribution in [0.2, 0.25) is 0 Å². The minimum absolute atomic E-state index is 0.966. The Morgan fingerprint density at radius 3 is 2.38 bits per heavy atom. The fourth-order valence-corrected chi connectivity index (χ4v) is 1.61. The lowest BCUT2D eigenvalue weighted by Gasteiger charge is -2.13. The molecule has 1 heteroatoms. The van der Waals surface area contributed by atoms with E-state index < -0.39 is 0 Å². The van der Waals surface area contributed by atoms with Crippen LogP contribution in [0.1, 0.15) is 39.2 Å². The van der Waals surface area contributed by atoms with E-state index in [0.29, 0.717) is 0 Å². The normalized spacial score (nSPS) is 11.9. The monoisotopic (exact) mass is 215 g/mol. The minimum Gasteiger partial charge on any atom is -0.359 e. The van der Waals surface area contributed by atoms with Gasteiger partial charge >= 0.3 is 0 Å². The van der Waals surface area contributed by atoms with E-state index in [1.807, 2.05) is 18.2 Å². The lowest BCUT2D eigenvalue weighted by atomic mass is 10.1. The van der Waals surface area contributed by atoms with E-state index in [4.69, 9.17) is 0 Å². The molecule has 0 aliphatic rings. The molecule has 1 N–H and O–H groups in total. The van der Waals surface area contributed by atoms with Gasteiger partial charge in [0.15, 0.2) is 0 Å². The molecule has 1 aromatic carbocycles. The van der Waals surface area contributed by atoms with E-state index in [0.717, 1.165) is 17.7 Å². The second-order valence-corrected chi connectivity index (χ2v) is 4.12. The zero-order chi connectivity index (χ0) is 12.0. The first kappa shape index (κ1) is 12.6. The van der Waals surface area contributed by atoms with E-state index in [2.05, 4.69) is 44.8 Å². The van der Waals surface area contributed by atoms with Gasteiger partial charge in [-0.25, -0.2) is 0 Å². The molecule has 86 valence electrons. The van der Waals surface area contributed by atoms with Gasteiger partial charge in [0.05, 0.1) is 0 Å². The zero-order valence-corrected chi connectivity index (χ0v) is 10.5. The number of nitrogens with one attached hydrogen (secondary N) is 1. The second-order valence-electron chi connectivity index (χ2n) is 4.12. The van der Waals surface area contributed by atoms with E-state index in [9.17, 15) is 0 Å². The van der Waals surface area contributed by atoms with Crippen LogP contribution in [0.3, 0.4) is 0 Å². The van der Waals surface area contributed by atoms with Gasteiger partial charge < -0.3 is 5.32 Å². The van der Waals surface area contributed by atoms with Crippen LogP contribution in [0.15, 0.2) is 48.2 Å². The van der Waals surface area contributed by atoms with Crippen molar-refractivity contribution in [2.75, 3.05) is 0 Å². The summed E-state index contributed by atoms with van der Waals surface area (Å²) in [6.45, 7) is 10.5. The van der Waals surface area contributed by atoms with Crippen molar-refractivity contribution in [3.8, 4) is 0 Å². The average molecular weight is 215 g/mol. The molecule has 0 atom stereocenters. The fraction of sp³-hybridized carbons (Fsp3) is 0.333.